The minimum absolute atomic E-state index is 0.0844. The van der Waals surface area contributed by atoms with Gasteiger partial charge >= 0.3 is 0 Å². The molecule has 0 unspecified atom stereocenters. The Balaban J connectivity index is 2.20. The van der Waals surface area contributed by atoms with Gasteiger partial charge in [0.05, 0.1) is 0 Å². The van der Waals surface area contributed by atoms with Crippen molar-refractivity contribution < 1.29 is 9.18 Å². The lowest BCUT2D eigenvalue weighted by atomic mass is 10.0. The zero-order valence-corrected chi connectivity index (χ0v) is 9.48. The summed E-state index contributed by atoms with van der Waals surface area (Å²) in [6, 6.07) is 7.94. The molecule has 1 aromatic heterocycles. The van der Waals surface area contributed by atoms with E-state index in [1.54, 1.807) is 37.5 Å². The number of ketones is 1. The van der Waals surface area contributed by atoms with Crippen molar-refractivity contribution in [2.45, 2.75) is 13.3 Å². The maximum atomic E-state index is 13.2. The molecule has 2 aromatic rings. The fourth-order valence-corrected chi connectivity index (χ4v) is 1.69. The first-order chi connectivity index (χ1) is 8.15. The second-order valence-corrected chi connectivity index (χ2v) is 3.97. The molecule has 0 aliphatic rings. The van der Waals surface area contributed by atoms with Gasteiger partial charge in [-0.2, -0.15) is 0 Å². The molecule has 0 atom stereocenters. The Morgan fingerprint density at radius 3 is 2.59 bits per heavy atom. The van der Waals surface area contributed by atoms with Crippen molar-refractivity contribution in [2.24, 2.45) is 0 Å². The monoisotopic (exact) mass is 229 g/mol. The molecule has 0 bridgehead atoms. The van der Waals surface area contributed by atoms with Crippen LogP contribution in [0.15, 0.2) is 42.7 Å². The number of pyridine rings is 1. The number of aryl methyl sites for hydroxylation is 1. The van der Waals surface area contributed by atoms with Gasteiger partial charge < -0.3 is 0 Å². The van der Waals surface area contributed by atoms with Crippen LogP contribution in [0.5, 0.6) is 0 Å². The number of aromatic nitrogens is 1. The van der Waals surface area contributed by atoms with Crippen molar-refractivity contribution in [1.82, 2.24) is 4.98 Å². The highest BCUT2D eigenvalue weighted by Gasteiger charge is 2.08. The molecule has 86 valence electrons. The molecule has 2 nitrogen and oxygen atoms in total. The largest absolute Gasteiger partial charge is 0.294 e. The van der Waals surface area contributed by atoms with Crippen LogP contribution in [0.25, 0.3) is 0 Å². The molecule has 0 aliphatic heterocycles. The predicted octanol–water partition coefficient (Wildman–Crippen LogP) is 2.95. The summed E-state index contributed by atoms with van der Waals surface area (Å²) >= 11 is 0. The average Bonchev–Trinajstić information content (AvgIpc) is 2.29. The van der Waals surface area contributed by atoms with E-state index in [-0.39, 0.29) is 18.0 Å². The van der Waals surface area contributed by atoms with Crippen molar-refractivity contribution >= 4 is 5.78 Å². The smallest absolute Gasteiger partial charge is 0.167 e. The van der Waals surface area contributed by atoms with Crippen molar-refractivity contribution in [3.63, 3.8) is 0 Å². The third-order valence-corrected chi connectivity index (χ3v) is 2.48. The Morgan fingerprint density at radius 2 is 1.94 bits per heavy atom. The first-order valence-corrected chi connectivity index (χ1v) is 5.34. The highest BCUT2D eigenvalue weighted by atomic mass is 19.1. The van der Waals surface area contributed by atoms with Crippen LogP contribution in [0, 0.1) is 12.7 Å². The summed E-state index contributed by atoms with van der Waals surface area (Å²) in [6.45, 7) is 1.77. The first-order valence-electron chi connectivity index (χ1n) is 5.34. The lowest BCUT2D eigenvalue weighted by Gasteiger charge is -2.03. The van der Waals surface area contributed by atoms with Crippen LogP contribution in [0.4, 0.5) is 4.39 Å². The number of benzene rings is 1. The number of carbonyl (C=O) groups is 1. The van der Waals surface area contributed by atoms with Crippen LogP contribution in [-0.4, -0.2) is 10.8 Å². The van der Waals surface area contributed by atoms with Gasteiger partial charge in [0.15, 0.2) is 5.78 Å². The number of rotatable bonds is 3. The van der Waals surface area contributed by atoms with E-state index < -0.39 is 0 Å². The molecule has 0 saturated carbocycles. The highest BCUT2D eigenvalue weighted by Crippen LogP contribution is 2.11. The van der Waals surface area contributed by atoms with Crippen LogP contribution in [0.2, 0.25) is 0 Å². The van der Waals surface area contributed by atoms with E-state index in [0.29, 0.717) is 5.56 Å². The van der Waals surface area contributed by atoms with Crippen molar-refractivity contribution in [3.8, 4) is 0 Å². The Morgan fingerprint density at radius 1 is 1.24 bits per heavy atom. The van der Waals surface area contributed by atoms with Gasteiger partial charge in [0, 0.05) is 24.4 Å². The molecular formula is C14H12FNO. The zero-order chi connectivity index (χ0) is 12.3. The lowest BCUT2D eigenvalue weighted by molar-refractivity contribution is 0.0992. The number of nitrogens with zero attached hydrogens (tertiary/aromatic N) is 1. The van der Waals surface area contributed by atoms with E-state index in [4.69, 9.17) is 0 Å². The minimum atomic E-state index is -0.372. The van der Waals surface area contributed by atoms with E-state index in [2.05, 4.69) is 4.98 Å². The third kappa shape index (κ3) is 2.97. The third-order valence-electron chi connectivity index (χ3n) is 2.48. The number of hydrogen-bond acceptors (Lipinski definition) is 2. The summed E-state index contributed by atoms with van der Waals surface area (Å²) in [5.41, 5.74) is 2.05. The van der Waals surface area contributed by atoms with Gasteiger partial charge in [0.25, 0.3) is 0 Å². The molecule has 0 saturated heterocycles. The lowest BCUT2D eigenvalue weighted by Crippen LogP contribution is -2.04. The van der Waals surface area contributed by atoms with Gasteiger partial charge in [-0.25, -0.2) is 4.39 Å². The van der Waals surface area contributed by atoms with Crippen molar-refractivity contribution in [1.29, 1.82) is 0 Å². The van der Waals surface area contributed by atoms with E-state index in [1.165, 1.54) is 12.1 Å². The van der Waals surface area contributed by atoms with Crippen LogP contribution in [0.3, 0.4) is 0 Å². The van der Waals surface area contributed by atoms with Gasteiger partial charge in [-0.05, 0) is 48.4 Å². The van der Waals surface area contributed by atoms with E-state index >= 15 is 0 Å². The normalized spacial score (nSPS) is 10.2. The number of carbonyl (C=O) groups excluding carboxylic acids is 1. The van der Waals surface area contributed by atoms with Crippen LogP contribution < -0.4 is 0 Å². The number of halogens is 1. The Kier molecular flexibility index (Phi) is 3.28. The summed E-state index contributed by atoms with van der Waals surface area (Å²) in [5, 5.41) is 0. The quantitative estimate of drug-likeness (QED) is 0.757. The molecule has 2 rings (SSSR count). The molecule has 0 fully saturated rings. The van der Waals surface area contributed by atoms with Gasteiger partial charge in [-0.3, -0.25) is 9.78 Å². The highest BCUT2D eigenvalue weighted by molar-refractivity contribution is 5.97. The topological polar surface area (TPSA) is 30.0 Å². The predicted molar refractivity (Wildman–Crippen MR) is 63.4 cm³/mol. The standard InChI is InChI=1S/C14H12FNO/c1-10-6-12(9-13(15)7-10)14(17)8-11-2-4-16-5-3-11/h2-7,9H,8H2,1H3. The average molecular weight is 229 g/mol. The molecule has 0 amide bonds. The molecule has 0 aliphatic carbocycles. The number of Topliss-reactive ketones (excluding diaryl/α,β-unsaturated/α-hetero) is 1. The van der Waals surface area contributed by atoms with Crippen molar-refractivity contribution in [3.05, 3.63) is 65.2 Å². The van der Waals surface area contributed by atoms with Crippen LogP contribution in [0.1, 0.15) is 21.5 Å². The SMILES string of the molecule is Cc1cc(F)cc(C(=O)Cc2ccncc2)c1. The Hall–Kier alpha value is -2.03. The van der Waals surface area contributed by atoms with Crippen molar-refractivity contribution in [2.75, 3.05) is 0 Å². The maximum absolute atomic E-state index is 13.2. The molecule has 3 heteroatoms. The molecule has 1 heterocycles. The summed E-state index contributed by atoms with van der Waals surface area (Å²) in [6.07, 6.45) is 3.55. The first kappa shape index (κ1) is 11.5. The van der Waals surface area contributed by atoms with E-state index in [0.717, 1.165) is 11.1 Å². The molecular weight excluding hydrogens is 217 g/mol. The summed E-state index contributed by atoms with van der Waals surface area (Å²) in [4.78, 5) is 15.8. The molecule has 0 N–H and O–H groups in total. The molecule has 0 radical (unpaired) electrons. The van der Waals surface area contributed by atoms with Gasteiger partial charge in [-0.15, -0.1) is 0 Å². The van der Waals surface area contributed by atoms with Gasteiger partial charge in [-0.1, -0.05) is 0 Å². The Bertz CT molecular complexity index is 517. The van der Waals surface area contributed by atoms with E-state index in [9.17, 15) is 9.18 Å². The van der Waals surface area contributed by atoms with Gasteiger partial charge in [0.1, 0.15) is 5.82 Å². The molecule has 17 heavy (non-hydrogen) atoms. The second-order valence-electron chi connectivity index (χ2n) is 3.97. The minimum Gasteiger partial charge on any atom is -0.294 e. The van der Waals surface area contributed by atoms with E-state index in [1.807, 2.05) is 0 Å². The zero-order valence-electron chi connectivity index (χ0n) is 9.48. The molecule has 1 aromatic carbocycles. The van der Waals surface area contributed by atoms with Gasteiger partial charge in [0.2, 0.25) is 0 Å². The number of hydrogen-bond donors (Lipinski definition) is 0. The summed E-state index contributed by atoms with van der Waals surface area (Å²) in [7, 11) is 0. The fraction of sp³-hybridized carbons (Fsp3) is 0.143. The van der Waals surface area contributed by atoms with Crippen LogP contribution in [-0.2, 0) is 6.42 Å². The summed E-state index contributed by atoms with van der Waals surface area (Å²) in [5.74, 6) is -0.457. The summed E-state index contributed by atoms with van der Waals surface area (Å²) < 4.78 is 13.2. The second kappa shape index (κ2) is 4.87. The molecule has 0 spiro atoms. The fourth-order valence-electron chi connectivity index (χ4n) is 1.69. The van der Waals surface area contributed by atoms with Crippen LogP contribution >= 0.6 is 0 Å². The maximum Gasteiger partial charge on any atom is 0.167 e. The Labute approximate surface area is 99.1 Å².